The van der Waals surface area contributed by atoms with Gasteiger partial charge in [0.1, 0.15) is 0 Å². The summed E-state index contributed by atoms with van der Waals surface area (Å²) in [5.74, 6) is 0. The van der Waals surface area contributed by atoms with Crippen molar-refractivity contribution in [2.24, 2.45) is 0 Å². The summed E-state index contributed by atoms with van der Waals surface area (Å²) in [6.45, 7) is 3.04. The summed E-state index contributed by atoms with van der Waals surface area (Å²) in [4.78, 5) is 0. The molecule has 1 aliphatic rings. The van der Waals surface area contributed by atoms with Crippen LogP contribution in [0.25, 0.3) is 0 Å². The number of aryl methyl sites for hydroxylation is 1. The van der Waals surface area contributed by atoms with Gasteiger partial charge in [-0.3, -0.25) is 5.10 Å². The second-order valence-electron chi connectivity index (χ2n) is 3.81. The molecule has 1 fully saturated rings. The van der Waals surface area contributed by atoms with Gasteiger partial charge in [0, 0.05) is 23.3 Å². The van der Waals surface area contributed by atoms with Crippen molar-refractivity contribution in [2.45, 2.75) is 31.8 Å². The Bertz CT molecular complexity index is 291. The third-order valence-corrected chi connectivity index (χ3v) is 2.74. The predicted molar refractivity (Wildman–Crippen MR) is 49.2 cm³/mol. The number of nitrogens with one attached hydrogen (secondary N) is 2. The molecule has 0 aliphatic heterocycles. The maximum atomic E-state index is 9.07. The molecule has 1 heterocycles. The van der Waals surface area contributed by atoms with Crippen LogP contribution in [0.2, 0.25) is 0 Å². The molecule has 0 aromatic carbocycles. The quantitative estimate of drug-likeness (QED) is 0.627. The average molecular weight is 181 g/mol. The zero-order valence-corrected chi connectivity index (χ0v) is 7.80. The highest BCUT2D eigenvalue weighted by atomic mass is 16.3. The second-order valence-corrected chi connectivity index (χ2v) is 3.81. The normalized spacial score (nSPS) is 18.9. The number of aromatic amines is 1. The van der Waals surface area contributed by atoms with E-state index < -0.39 is 0 Å². The summed E-state index contributed by atoms with van der Waals surface area (Å²) < 4.78 is 0. The third-order valence-electron chi connectivity index (χ3n) is 2.74. The summed E-state index contributed by atoms with van der Waals surface area (Å²) in [5.41, 5.74) is 2.30. The highest BCUT2D eigenvalue weighted by Gasteiger charge is 2.41. The van der Waals surface area contributed by atoms with E-state index in [1.165, 1.54) is 5.56 Å². The lowest BCUT2D eigenvalue weighted by molar-refractivity contribution is 0.229. The standard InChI is InChI=1S/C9H15N3O/c1-7-8(5-11-12-7)4-10-9(6-13)2-3-9/h5,10,13H,2-4,6H2,1H3,(H,11,12). The maximum absolute atomic E-state index is 9.07. The molecule has 13 heavy (non-hydrogen) atoms. The Hall–Kier alpha value is -0.870. The number of H-pyrrole nitrogens is 1. The van der Waals surface area contributed by atoms with Crippen LogP contribution in [0, 0.1) is 6.92 Å². The molecule has 1 saturated carbocycles. The molecule has 0 bridgehead atoms. The number of rotatable bonds is 4. The van der Waals surface area contributed by atoms with E-state index in [0.717, 1.165) is 25.1 Å². The molecule has 0 amide bonds. The Morgan fingerprint density at radius 3 is 2.92 bits per heavy atom. The summed E-state index contributed by atoms with van der Waals surface area (Å²) >= 11 is 0. The fourth-order valence-electron chi connectivity index (χ4n) is 1.38. The van der Waals surface area contributed by atoms with E-state index >= 15 is 0 Å². The van der Waals surface area contributed by atoms with Crippen molar-refractivity contribution >= 4 is 0 Å². The molecule has 2 rings (SSSR count). The van der Waals surface area contributed by atoms with E-state index in [-0.39, 0.29) is 12.1 Å². The molecule has 0 spiro atoms. The Morgan fingerprint density at radius 1 is 1.69 bits per heavy atom. The van der Waals surface area contributed by atoms with E-state index in [0.29, 0.717) is 0 Å². The molecule has 0 saturated heterocycles. The van der Waals surface area contributed by atoms with Crippen molar-refractivity contribution in [1.82, 2.24) is 15.5 Å². The van der Waals surface area contributed by atoms with Gasteiger partial charge in [-0.05, 0) is 19.8 Å². The first-order valence-corrected chi connectivity index (χ1v) is 4.60. The maximum Gasteiger partial charge on any atom is 0.0613 e. The van der Waals surface area contributed by atoms with Crippen molar-refractivity contribution in [3.05, 3.63) is 17.5 Å². The number of nitrogens with zero attached hydrogens (tertiary/aromatic N) is 1. The summed E-state index contributed by atoms with van der Waals surface area (Å²) in [6.07, 6.45) is 4.00. The zero-order valence-electron chi connectivity index (χ0n) is 7.80. The molecule has 0 atom stereocenters. The van der Waals surface area contributed by atoms with Gasteiger partial charge in [0.2, 0.25) is 0 Å². The highest BCUT2D eigenvalue weighted by molar-refractivity contribution is 5.15. The average Bonchev–Trinajstić information content (AvgIpc) is 2.82. The molecule has 0 unspecified atom stereocenters. The number of aliphatic hydroxyl groups excluding tert-OH is 1. The van der Waals surface area contributed by atoms with Gasteiger partial charge in [-0.15, -0.1) is 0 Å². The number of aliphatic hydroxyl groups is 1. The van der Waals surface area contributed by atoms with Crippen LogP contribution in [-0.2, 0) is 6.54 Å². The van der Waals surface area contributed by atoms with Gasteiger partial charge in [0.15, 0.2) is 0 Å². The third kappa shape index (κ3) is 1.73. The zero-order chi connectivity index (χ0) is 9.31. The van der Waals surface area contributed by atoms with Crippen LogP contribution in [0.3, 0.4) is 0 Å². The minimum atomic E-state index is 0.0176. The molecule has 3 N–H and O–H groups in total. The minimum absolute atomic E-state index is 0.0176. The molecule has 72 valence electrons. The first-order chi connectivity index (χ1) is 6.26. The lowest BCUT2D eigenvalue weighted by Gasteiger charge is -2.13. The SMILES string of the molecule is Cc1[nH]ncc1CNC1(CO)CC1. The second kappa shape index (κ2) is 3.12. The van der Waals surface area contributed by atoms with Gasteiger partial charge in [0.05, 0.1) is 12.8 Å². The van der Waals surface area contributed by atoms with E-state index in [2.05, 4.69) is 15.5 Å². The van der Waals surface area contributed by atoms with E-state index in [1.54, 1.807) is 0 Å². The fourth-order valence-corrected chi connectivity index (χ4v) is 1.38. The van der Waals surface area contributed by atoms with Crippen molar-refractivity contribution in [2.75, 3.05) is 6.61 Å². The number of hydrogen-bond acceptors (Lipinski definition) is 3. The minimum Gasteiger partial charge on any atom is -0.394 e. The van der Waals surface area contributed by atoms with Crippen molar-refractivity contribution in [3.63, 3.8) is 0 Å². The van der Waals surface area contributed by atoms with Crippen LogP contribution in [0.5, 0.6) is 0 Å². The van der Waals surface area contributed by atoms with Crippen molar-refractivity contribution in [3.8, 4) is 0 Å². The van der Waals surface area contributed by atoms with Gasteiger partial charge >= 0.3 is 0 Å². The van der Waals surface area contributed by atoms with E-state index in [9.17, 15) is 0 Å². The predicted octanol–water partition coefficient (Wildman–Crippen LogP) is 0.333. The monoisotopic (exact) mass is 181 g/mol. The van der Waals surface area contributed by atoms with Crippen LogP contribution in [0.1, 0.15) is 24.1 Å². The molecule has 1 aromatic rings. The first kappa shape index (κ1) is 8.72. The summed E-state index contributed by atoms with van der Waals surface area (Å²) in [6, 6.07) is 0. The van der Waals surface area contributed by atoms with Crippen LogP contribution in [-0.4, -0.2) is 27.4 Å². The number of aromatic nitrogens is 2. The Labute approximate surface area is 77.4 Å². The molecule has 4 nitrogen and oxygen atoms in total. The molecule has 1 aliphatic carbocycles. The topological polar surface area (TPSA) is 60.9 Å². The van der Waals surface area contributed by atoms with E-state index in [4.69, 9.17) is 5.11 Å². The van der Waals surface area contributed by atoms with Gasteiger partial charge in [0.25, 0.3) is 0 Å². The molecular formula is C9H15N3O. The van der Waals surface area contributed by atoms with Gasteiger partial charge in [-0.1, -0.05) is 0 Å². The van der Waals surface area contributed by atoms with Crippen molar-refractivity contribution in [1.29, 1.82) is 0 Å². The Kier molecular flexibility index (Phi) is 2.09. The molecular weight excluding hydrogens is 166 g/mol. The lowest BCUT2D eigenvalue weighted by Crippen LogP contribution is -2.34. The molecule has 4 heteroatoms. The van der Waals surface area contributed by atoms with Gasteiger partial charge in [-0.2, -0.15) is 5.10 Å². The fraction of sp³-hybridized carbons (Fsp3) is 0.667. The summed E-state index contributed by atoms with van der Waals surface area (Å²) in [7, 11) is 0. The highest BCUT2D eigenvalue weighted by Crippen LogP contribution is 2.34. The molecule has 0 radical (unpaired) electrons. The van der Waals surface area contributed by atoms with Gasteiger partial charge in [-0.25, -0.2) is 0 Å². The van der Waals surface area contributed by atoms with Crippen LogP contribution < -0.4 is 5.32 Å². The molecule has 1 aromatic heterocycles. The van der Waals surface area contributed by atoms with Crippen LogP contribution >= 0.6 is 0 Å². The van der Waals surface area contributed by atoms with Crippen LogP contribution in [0.15, 0.2) is 6.20 Å². The number of hydrogen-bond donors (Lipinski definition) is 3. The summed E-state index contributed by atoms with van der Waals surface area (Å²) in [5, 5.41) is 19.3. The Balaban J connectivity index is 1.90. The Morgan fingerprint density at radius 2 is 2.46 bits per heavy atom. The lowest BCUT2D eigenvalue weighted by atomic mass is 10.2. The largest absolute Gasteiger partial charge is 0.394 e. The van der Waals surface area contributed by atoms with Crippen LogP contribution in [0.4, 0.5) is 0 Å². The van der Waals surface area contributed by atoms with Gasteiger partial charge < -0.3 is 10.4 Å². The smallest absolute Gasteiger partial charge is 0.0613 e. The first-order valence-electron chi connectivity index (χ1n) is 4.60. The van der Waals surface area contributed by atoms with Crippen molar-refractivity contribution < 1.29 is 5.11 Å². The van der Waals surface area contributed by atoms with E-state index in [1.807, 2.05) is 13.1 Å².